The highest BCUT2D eigenvalue weighted by Gasteiger charge is 2.03. The fourth-order valence-corrected chi connectivity index (χ4v) is 2.13. The third-order valence-corrected chi connectivity index (χ3v) is 3.24. The van der Waals surface area contributed by atoms with Crippen molar-refractivity contribution in [2.45, 2.75) is 12.8 Å². The van der Waals surface area contributed by atoms with E-state index in [0.717, 1.165) is 22.2 Å². The third kappa shape index (κ3) is 3.02. The number of rotatable bonds is 4. The molecule has 0 saturated heterocycles. The van der Waals surface area contributed by atoms with Crippen molar-refractivity contribution in [3.63, 3.8) is 0 Å². The lowest BCUT2D eigenvalue weighted by Crippen LogP contribution is -1.97. The number of aromatic nitrogens is 3. The molecule has 21 heavy (non-hydrogen) atoms. The molecule has 1 N–H and O–H groups in total. The quantitative estimate of drug-likeness (QED) is 0.794. The summed E-state index contributed by atoms with van der Waals surface area (Å²) in [7, 11) is 0. The van der Waals surface area contributed by atoms with Crippen LogP contribution in [0.3, 0.4) is 0 Å². The minimum atomic E-state index is -0.781. The first kappa shape index (κ1) is 13.2. The van der Waals surface area contributed by atoms with Crippen molar-refractivity contribution < 1.29 is 9.90 Å². The van der Waals surface area contributed by atoms with Crippen LogP contribution in [0, 0.1) is 0 Å². The molecule has 0 fully saturated rings. The summed E-state index contributed by atoms with van der Waals surface area (Å²) in [5, 5.41) is 8.69. The second-order valence-corrected chi connectivity index (χ2v) is 4.71. The van der Waals surface area contributed by atoms with Crippen LogP contribution in [0.15, 0.2) is 48.9 Å². The number of fused-ring (bicyclic) bond motifs is 1. The van der Waals surface area contributed by atoms with Crippen LogP contribution in [-0.2, 0) is 11.2 Å². The number of aliphatic carboxylic acids is 1. The van der Waals surface area contributed by atoms with Crippen LogP contribution < -0.4 is 0 Å². The Morgan fingerprint density at radius 1 is 1.00 bits per heavy atom. The molecule has 0 saturated carbocycles. The SMILES string of the molecule is O=C(O)CCc1ccc(-c2cnc3nccnc3c2)cc1. The summed E-state index contributed by atoms with van der Waals surface area (Å²) in [6.45, 7) is 0. The van der Waals surface area contributed by atoms with Gasteiger partial charge in [-0.05, 0) is 23.6 Å². The molecular weight excluding hydrogens is 266 g/mol. The van der Waals surface area contributed by atoms with Crippen LogP contribution >= 0.6 is 0 Å². The molecule has 0 amide bonds. The number of nitrogens with zero attached hydrogens (tertiary/aromatic N) is 3. The van der Waals surface area contributed by atoms with Crippen LogP contribution in [0.4, 0.5) is 0 Å². The van der Waals surface area contributed by atoms with Crippen LogP contribution in [-0.4, -0.2) is 26.0 Å². The molecule has 3 rings (SSSR count). The minimum Gasteiger partial charge on any atom is -0.481 e. The van der Waals surface area contributed by atoms with E-state index in [1.807, 2.05) is 30.3 Å². The molecular formula is C16H13N3O2. The maximum absolute atomic E-state index is 10.6. The molecule has 1 aromatic carbocycles. The number of aryl methyl sites for hydroxylation is 1. The lowest BCUT2D eigenvalue weighted by molar-refractivity contribution is -0.136. The molecule has 0 spiro atoms. The summed E-state index contributed by atoms with van der Waals surface area (Å²) >= 11 is 0. The average molecular weight is 279 g/mol. The van der Waals surface area contributed by atoms with Gasteiger partial charge in [0.2, 0.25) is 0 Å². The second kappa shape index (κ2) is 5.66. The van der Waals surface area contributed by atoms with Gasteiger partial charge < -0.3 is 5.11 Å². The molecule has 2 heterocycles. The monoisotopic (exact) mass is 279 g/mol. The van der Waals surface area contributed by atoms with Crippen molar-refractivity contribution in [3.05, 3.63) is 54.5 Å². The molecule has 0 unspecified atom stereocenters. The van der Waals surface area contributed by atoms with Crippen molar-refractivity contribution in [2.75, 3.05) is 0 Å². The first-order chi connectivity index (χ1) is 10.2. The second-order valence-electron chi connectivity index (χ2n) is 4.71. The van der Waals surface area contributed by atoms with Crippen molar-refractivity contribution in [2.24, 2.45) is 0 Å². The summed E-state index contributed by atoms with van der Waals surface area (Å²) in [6, 6.07) is 9.77. The summed E-state index contributed by atoms with van der Waals surface area (Å²) in [4.78, 5) is 23.2. The number of pyridine rings is 1. The first-order valence-electron chi connectivity index (χ1n) is 6.60. The highest BCUT2D eigenvalue weighted by atomic mass is 16.4. The average Bonchev–Trinajstić information content (AvgIpc) is 2.53. The van der Waals surface area contributed by atoms with Crippen molar-refractivity contribution >= 4 is 17.1 Å². The Morgan fingerprint density at radius 3 is 2.52 bits per heavy atom. The molecule has 5 heteroatoms. The molecule has 0 atom stereocenters. The highest BCUT2D eigenvalue weighted by molar-refractivity contribution is 5.77. The van der Waals surface area contributed by atoms with Crippen molar-refractivity contribution in [1.82, 2.24) is 15.0 Å². The van der Waals surface area contributed by atoms with Gasteiger partial charge in [0.05, 0.1) is 0 Å². The number of benzene rings is 1. The molecule has 0 aliphatic heterocycles. The van der Waals surface area contributed by atoms with E-state index in [1.54, 1.807) is 18.6 Å². The molecule has 104 valence electrons. The first-order valence-corrected chi connectivity index (χ1v) is 6.60. The standard InChI is InChI=1S/C16H13N3O2/c20-15(21)6-3-11-1-4-12(5-2-11)13-9-14-16(19-10-13)18-8-7-17-14/h1-2,4-5,7-10H,3,6H2,(H,20,21). The Hall–Kier alpha value is -2.82. The predicted molar refractivity (Wildman–Crippen MR) is 78.7 cm³/mol. The molecule has 3 aromatic rings. The van der Waals surface area contributed by atoms with Gasteiger partial charge in [-0.2, -0.15) is 0 Å². The topological polar surface area (TPSA) is 76.0 Å². The number of carboxylic acid groups (broad SMARTS) is 1. The maximum Gasteiger partial charge on any atom is 0.303 e. The number of carbonyl (C=O) groups is 1. The summed E-state index contributed by atoms with van der Waals surface area (Å²) in [5.74, 6) is -0.781. The normalized spacial score (nSPS) is 10.7. The van der Waals surface area contributed by atoms with Crippen LogP contribution in [0.2, 0.25) is 0 Å². The van der Waals surface area contributed by atoms with Crippen LogP contribution in [0.5, 0.6) is 0 Å². The minimum absolute atomic E-state index is 0.145. The van der Waals surface area contributed by atoms with E-state index in [1.165, 1.54) is 0 Å². The Labute approximate surface area is 121 Å². The van der Waals surface area contributed by atoms with E-state index < -0.39 is 5.97 Å². The van der Waals surface area contributed by atoms with Gasteiger partial charge in [0.15, 0.2) is 5.65 Å². The van der Waals surface area contributed by atoms with Crippen LogP contribution in [0.1, 0.15) is 12.0 Å². The lowest BCUT2D eigenvalue weighted by atomic mass is 10.0. The van der Waals surface area contributed by atoms with E-state index in [-0.39, 0.29) is 6.42 Å². The van der Waals surface area contributed by atoms with E-state index in [4.69, 9.17) is 5.11 Å². The van der Waals surface area contributed by atoms with E-state index in [2.05, 4.69) is 15.0 Å². The summed E-state index contributed by atoms with van der Waals surface area (Å²) in [6.07, 6.45) is 5.71. The Morgan fingerprint density at radius 2 is 1.76 bits per heavy atom. The van der Waals surface area contributed by atoms with Gasteiger partial charge >= 0.3 is 5.97 Å². The molecule has 5 nitrogen and oxygen atoms in total. The zero-order chi connectivity index (χ0) is 14.7. The van der Waals surface area contributed by atoms with Gasteiger partial charge in [-0.15, -0.1) is 0 Å². The van der Waals surface area contributed by atoms with Gasteiger partial charge in [-0.3, -0.25) is 9.78 Å². The van der Waals surface area contributed by atoms with E-state index in [0.29, 0.717) is 12.1 Å². The Bertz CT molecular complexity index is 785. The highest BCUT2D eigenvalue weighted by Crippen LogP contribution is 2.21. The molecule has 0 aliphatic rings. The molecule has 0 radical (unpaired) electrons. The lowest BCUT2D eigenvalue weighted by Gasteiger charge is -2.04. The van der Waals surface area contributed by atoms with E-state index in [9.17, 15) is 4.79 Å². The van der Waals surface area contributed by atoms with Gasteiger partial charge in [-0.25, -0.2) is 9.97 Å². The van der Waals surface area contributed by atoms with Gasteiger partial charge in [0, 0.05) is 30.6 Å². The van der Waals surface area contributed by atoms with Gasteiger partial charge in [-0.1, -0.05) is 24.3 Å². The van der Waals surface area contributed by atoms with Crippen molar-refractivity contribution in [1.29, 1.82) is 0 Å². The Kier molecular flexibility index (Phi) is 3.55. The molecule has 0 aliphatic carbocycles. The largest absolute Gasteiger partial charge is 0.481 e. The smallest absolute Gasteiger partial charge is 0.303 e. The van der Waals surface area contributed by atoms with Crippen molar-refractivity contribution in [3.8, 4) is 11.1 Å². The predicted octanol–water partition coefficient (Wildman–Crippen LogP) is 2.71. The number of hydrogen-bond acceptors (Lipinski definition) is 4. The summed E-state index contributed by atoms with van der Waals surface area (Å²) in [5.41, 5.74) is 4.38. The van der Waals surface area contributed by atoms with Gasteiger partial charge in [0.1, 0.15) is 5.52 Å². The zero-order valence-electron chi connectivity index (χ0n) is 11.2. The zero-order valence-corrected chi connectivity index (χ0v) is 11.2. The maximum atomic E-state index is 10.6. The fourth-order valence-electron chi connectivity index (χ4n) is 2.13. The van der Waals surface area contributed by atoms with Crippen LogP contribution in [0.25, 0.3) is 22.3 Å². The number of carboxylic acids is 1. The number of hydrogen-bond donors (Lipinski definition) is 1. The third-order valence-electron chi connectivity index (χ3n) is 3.24. The molecule has 0 bridgehead atoms. The van der Waals surface area contributed by atoms with Gasteiger partial charge in [0.25, 0.3) is 0 Å². The fraction of sp³-hybridized carbons (Fsp3) is 0.125. The van der Waals surface area contributed by atoms with E-state index >= 15 is 0 Å². The Balaban J connectivity index is 1.86. The molecule has 2 aromatic heterocycles. The summed E-state index contributed by atoms with van der Waals surface area (Å²) < 4.78 is 0.